The summed E-state index contributed by atoms with van der Waals surface area (Å²) in [5.41, 5.74) is 7.85. The van der Waals surface area contributed by atoms with Crippen LogP contribution < -0.4 is 11.1 Å². The second kappa shape index (κ2) is 8.46. The molecule has 1 amide bonds. The Morgan fingerprint density at radius 2 is 1.57 bits per heavy atom. The van der Waals surface area contributed by atoms with Crippen LogP contribution in [0.5, 0.6) is 0 Å². The summed E-state index contributed by atoms with van der Waals surface area (Å²) in [4.78, 5) is 12.1. The largest absolute Gasteiger partial charge is 0.388 e. The van der Waals surface area contributed by atoms with Crippen molar-refractivity contribution in [1.29, 1.82) is 0 Å². The minimum absolute atomic E-state index is 0.103. The number of benzene rings is 2. The van der Waals surface area contributed by atoms with Crippen LogP contribution >= 0.6 is 0 Å². The Morgan fingerprint density at radius 3 is 2.13 bits per heavy atom. The van der Waals surface area contributed by atoms with Crippen LogP contribution in [0.4, 0.5) is 0 Å². The first-order valence-electron chi connectivity index (χ1n) is 7.89. The molecular weight excluding hydrogens is 288 g/mol. The molecule has 0 aromatic heterocycles. The topological polar surface area (TPSA) is 75.3 Å². The van der Waals surface area contributed by atoms with E-state index in [1.54, 1.807) is 0 Å². The molecule has 4 N–H and O–H groups in total. The number of aliphatic hydroxyl groups excluding tert-OH is 1. The molecule has 4 heteroatoms. The number of hydrogen-bond donors (Lipinski definition) is 3. The van der Waals surface area contributed by atoms with Crippen LogP contribution in [0.1, 0.15) is 43.0 Å². The summed E-state index contributed by atoms with van der Waals surface area (Å²) < 4.78 is 0. The Morgan fingerprint density at radius 1 is 1.04 bits per heavy atom. The summed E-state index contributed by atoms with van der Waals surface area (Å²) >= 11 is 0. The van der Waals surface area contributed by atoms with Gasteiger partial charge >= 0.3 is 0 Å². The van der Waals surface area contributed by atoms with E-state index in [0.717, 1.165) is 11.1 Å². The molecule has 0 fully saturated rings. The second-order valence-corrected chi connectivity index (χ2v) is 5.85. The standard InChI is InChI=1S/C19H24N2O2/c1-14(12-18(22)16-10-6-3-7-11-16)21-19(23)13-17(20)15-8-4-2-5-9-15/h2-11,14,17-18,22H,12-13,20H2,1H3,(H,21,23). The van der Waals surface area contributed by atoms with E-state index in [-0.39, 0.29) is 24.4 Å². The van der Waals surface area contributed by atoms with E-state index < -0.39 is 6.10 Å². The number of aliphatic hydroxyl groups is 1. The van der Waals surface area contributed by atoms with E-state index >= 15 is 0 Å². The fraction of sp³-hybridized carbons (Fsp3) is 0.316. The maximum absolute atomic E-state index is 12.1. The lowest BCUT2D eigenvalue weighted by atomic mass is 10.0. The second-order valence-electron chi connectivity index (χ2n) is 5.85. The van der Waals surface area contributed by atoms with Crippen molar-refractivity contribution in [2.45, 2.75) is 38.0 Å². The molecule has 0 saturated heterocycles. The van der Waals surface area contributed by atoms with Gasteiger partial charge in [-0.3, -0.25) is 4.79 Å². The van der Waals surface area contributed by atoms with Crippen molar-refractivity contribution in [1.82, 2.24) is 5.32 Å². The zero-order chi connectivity index (χ0) is 16.7. The molecule has 2 rings (SSSR count). The monoisotopic (exact) mass is 312 g/mol. The van der Waals surface area contributed by atoms with Gasteiger partial charge in [-0.2, -0.15) is 0 Å². The van der Waals surface area contributed by atoms with Gasteiger partial charge in [0.25, 0.3) is 0 Å². The van der Waals surface area contributed by atoms with Crippen molar-refractivity contribution in [3.8, 4) is 0 Å². The molecular formula is C19H24N2O2. The lowest BCUT2D eigenvalue weighted by Gasteiger charge is -2.19. The molecule has 0 heterocycles. The highest BCUT2D eigenvalue weighted by molar-refractivity contribution is 5.77. The SMILES string of the molecule is CC(CC(O)c1ccccc1)NC(=O)CC(N)c1ccccc1. The molecule has 0 aliphatic carbocycles. The van der Waals surface area contributed by atoms with E-state index in [1.165, 1.54) is 0 Å². The van der Waals surface area contributed by atoms with Gasteiger partial charge in [0.1, 0.15) is 0 Å². The molecule has 0 aliphatic rings. The Balaban J connectivity index is 1.80. The fourth-order valence-corrected chi connectivity index (χ4v) is 2.56. The fourth-order valence-electron chi connectivity index (χ4n) is 2.56. The quantitative estimate of drug-likeness (QED) is 0.736. The maximum Gasteiger partial charge on any atom is 0.222 e. The molecule has 23 heavy (non-hydrogen) atoms. The number of nitrogens with one attached hydrogen (secondary N) is 1. The number of hydrogen-bond acceptors (Lipinski definition) is 3. The number of rotatable bonds is 7. The van der Waals surface area contributed by atoms with Crippen LogP contribution in [0.25, 0.3) is 0 Å². The van der Waals surface area contributed by atoms with E-state index in [0.29, 0.717) is 6.42 Å². The minimum Gasteiger partial charge on any atom is -0.388 e. The van der Waals surface area contributed by atoms with E-state index in [1.807, 2.05) is 67.6 Å². The van der Waals surface area contributed by atoms with Crippen molar-refractivity contribution in [3.63, 3.8) is 0 Å². The molecule has 0 radical (unpaired) electrons. The highest BCUT2D eigenvalue weighted by Crippen LogP contribution is 2.18. The summed E-state index contributed by atoms with van der Waals surface area (Å²) in [6, 6.07) is 18.6. The third-order valence-corrected chi connectivity index (χ3v) is 3.80. The van der Waals surface area contributed by atoms with Gasteiger partial charge < -0.3 is 16.2 Å². The molecule has 2 aromatic rings. The molecule has 2 aromatic carbocycles. The van der Waals surface area contributed by atoms with E-state index in [2.05, 4.69) is 5.32 Å². The van der Waals surface area contributed by atoms with Crippen LogP contribution in [0, 0.1) is 0 Å². The van der Waals surface area contributed by atoms with Gasteiger partial charge in [-0.1, -0.05) is 60.7 Å². The van der Waals surface area contributed by atoms with Crippen molar-refractivity contribution in [3.05, 3.63) is 71.8 Å². The van der Waals surface area contributed by atoms with Gasteiger partial charge in [-0.05, 0) is 24.5 Å². The van der Waals surface area contributed by atoms with Crippen molar-refractivity contribution in [2.75, 3.05) is 0 Å². The molecule has 4 nitrogen and oxygen atoms in total. The first-order valence-corrected chi connectivity index (χ1v) is 7.89. The number of carbonyl (C=O) groups excluding carboxylic acids is 1. The Bertz CT molecular complexity index is 601. The van der Waals surface area contributed by atoms with Gasteiger partial charge in [0.15, 0.2) is 0 Å². The van der Waals surface area contributed by atoms with Gasteiger partial charge in [0.2, 0.25) is 5.91 Å². The number of nitrogens with two attached hydrogens (primary N) is 1. The zero-order valence-electron chi connectivity index (χ0n) is 13.4. The first-order chi connectivity index (χ1) is 11.1. The van der Waals surface area contributed by atoms with Crippen molar-refractivity contribution >= 4 is 5.91 Å². The predicted molar refractivity (Wildman–Crippen MR) is 91.6 cm³/mol. The molecule has 0 bridgehead atoms. The van der Waals surface area contributed by atoms with Crippen LogP contribution in [-0.2, 0) is 4.79 Å². The zero-order valence-corrected chi connectivity index (χ0v) is 13.4. The average molecular weight is 312 g/mol. The summed E-state index contributed by atoms with van der Waals surface area (Å²) in [5, 5.41) is 13.1. The highest BCUT2D eigenvalue weighted by atomic mass is 16.3. The molecule has 0 saturated carbocycles. The minimum atomic E-state index is -0.589. The van der Waals surface area contributed by atoms with Gasteiger partial charge in [-0.15, -0.1) is 0 Å². The highest BCUT2D eigenvalue weighted by Gasteiger charge is 2.16. The van der Waals surface area contributed by atoms with E-state index in [4.69, 9.17) is 5.73 Å². The molecule has 122 valence electrons. The smallest absolute Gasteiger partial charge is 0.222 e. The van der Waals surface area contributed by atoms with Crippen molar-refractivity contribution < 1.29 is 9.90 Å². The Kier molecular flexibility index (Phi) is 6.32. The molecule has 0 aliphatic heterocycles. The van der Waals surface area contributed by atoms with Gasteiger partial charge in [-0.25, -0.2) is 0 Å². The third kappa shape index (κ3) is 5.51. The third-order valence-electron chi connectivity index (χ3n) is 3.80. The molecule has 3 unspecified atom stereocenters. The summed E-state index contributed by atoms with van der Waals surface area (Å²) in [6.07, 6.45) is 0.112. The van der Waals surface area contributed by atoms with Crippen LogP contribution in [-0.4, -0.2) is 17.1 Å². The predicted octanol–water partition coefficient (Wildman–Crippen LogP) is 2.70. The summed E-state index contributed by atoms with van der Waals surface area (Å²) in [7, 11) is 0. The van der Waals surface area contributed by atoms with Gasteiger partial charge in [0, 0.05) is 18.5 Å². The van der Waals surface area contributed by atoms with Crippen LogP contribution in [0.2, 0.25) is 0 Å². The summed E-state index contributed by atoms with van der Waals surface area (Å²) in [5.74, 6) is -0.103. The molecule has 0 spiro atoms. The average Bonchev–Trinajstić information content (AvgIpc) is 2.56. The lowest BCUT2D eigenvalue weighted by Crippen LogP contribution is -2.35. The summed E-state index contributed by atoms with van der Waals surface area (Å²) in [6.45, 7) is 1.89. The van der Waals surface area contributed by atoms with Gasteiger partial charge in [0.05, 0.1) is 6.10 Å². The first kappa shape index (κ1) is 17.2. The van der Waals surface area contributed by atoms with Crippen LogP contribution in [0.15, 0.2) is 60.7 Å². The Hall–Kier alpha value is -2.17. The maximum atomic E-state index is 12.1. The number of amides is 1. The number of carbonyl (C=O) groups is 1. The van der Waals surface area contributed by atoms with E-state index in [9.17, 15) is 9.90 Å². The lowest BCUT2D eigenvalue weighted by molar-refractivity contribution is -0.122. The normalized spacial score (nSPS) is 14.7. The van der Waals surface area contributed by atoms with Crippen LogP contribution in [0.3, 0.4) is 0 Å². The Labute approximate surface area is 137 Å². The molecule has 3 atom stereocenters. The van der Waals surface area contributed by atoms with Crippen molar-refractivity contribution in [2.24, 2.45) is 5.73 Å².